The minimum absolute atomic E-state index is 0.0338. The van der Waals surface area contributed by atoms with Crippen LogP contribution in [0.5, 0.6) is 0 Å². The molecule has 0 bridgehead atoms. The Hall–Kier alpha value is -2.36. The third-order valence-electron chi connectivity index (χ3n) is 4.44. The van der Waals surface area contributed by atoms with Gasteiger partial charge in [-0.05, 0) is 25.0 Å². The van der Waals surface area contributed by atoms with Gasteiger partial charge in [0.25, 0.3) is 0 Å². The molecule has 4 nitrogen and oxygen atoms in total. The van der Waals surface area contributed by atoms with Gasteiger partial charge in [-0.2, -0.15) is 0 Å². The van der Waals surface area contributed by atoms with Crippen LogP contribution in [-0.2, 0) is 11.2 Å². The van der Waals surface area contributed by atoms with Crippen LogP contribution >= 0.6 is 0 Å². The third kappa shape index (κ3) is 3.89. The van der Waals surface area contributed by atoms with E-state index in [1.54, 1.807) is 6.26 Å². The van der Waals surface area contributed by atoms with Gasteiger partial charge in [-0.15, -0.1) is 0 Å². The van der Waals surface area contributed by atoms with Crippen LogP contribution in [0.4, 0.5) is 0 Å². The molecular weight excluding hydrogens is 290 g/mol. The topological polar surface area (TPSA) is 50.5 Å². The molecule has 1 aliphatic rings. The van der Waals surface area contributed by atoms with Crippen molar-refractivity contribution in [2.45, 2.75) is 25.7 Å². The minimum atomic E-state index is 0.0338. The highest BCUT2D eigenvalue weighted by molar-refractivity contribution is 5.98. The van der Waals surface area contributed by atoms with E-state index in [-0.39, 0.29) is 17.6 Å². The van der Waals surface area contributed by atoms with E-state index in [9.17, 15) is 9.59 Å². The van der Waals surface area contributed by atoms with Gasteiger partial charge in [0.05, 0.1) is 6.26 Å². The first-order valence-electron chi connectivity index (χ1n) is 8.13. The van der Waals surface area contributed by atoms with E-state index in [1.807, 2.05) is 47.4 Å². The number of likely N-dealkylation sites (tertiary alicyclic amines) is 1. The molecule has 1 saturated heterocycles. The van der Waals surface area contributed by atoms with Crippen molar-refractivity contribution in [2.75, 3.05) is 13.1 Å². The molecule has 1 amide bonds. The number of nitrogens with zero attached hydrogens (tertiary/aromatic N) is 1. The number of hydrogen-bond acceptors (Lipinski definition) is 3. The summed E-state index contributed by atoms with van der Waals surface area (Å²) in [7, 11) is 0. The summed E-state index contributed by atoms with van der Waals surface area (Å²) in [5.74, 6) is 1.22. The molecule has 0 saturated carbocycles. The molecule has 1 aromatic heterocycles. The lowest BCUT2D eigenvalue weighted by Gasteiger charge is -2.31. The maximum Gasteiger partial charge on any atom is 0.223 e. The van der Waals surface area contributed by atoms with E-state index in [4.69, 9.17) is 4.42 Å². The number of carbonyl (C=O) groups is 2. The van der Waals surface area contributed by atoms with Gasteiger partial charge >= 0.3 is 0 Å². The van der Waals surface area contributed by atoms with Gasteiger partial charge in [0.1, 0.15) is 5.76 Å². The van der Waals surface area contributed by atoms with E-state index >= 15 is 0 Å². The second-order valence-corrected chi connectivity index (χ2v) is 5.96. The first kappa shape index (κ1) is 15.5. The van der Waals surface area contributed by atoms with Crippen LogP contribution in [0.2, 0.25) is 0 Å². The van der Waals surface area contributed by atoms with Crippen LogP contribution in [0.1, 0.15) is 35.4 Å². The molecule has 1 aliphatic heterocycles. The third-order valence-corrected chi connectivity index (χ3v) is 4.44. The average Bonchev–Trinajstić information content (AvgIpc) is 3.13. The molecular formula is C19H21NO3. The standard InChI is InChI=1S/C19H21NO3/c21-18(9-8-17-7-4-14-23-17)20-12-10-16(11-13-20)19(22)15-5-2-1-3-6-15/h1-7,14,16H,8-13H2. The number of rotatable bonds is 5. The molecule has 0 unspecified atom stereocenters. The summed E-state index contributed by atoms with van der Waals surface area (Å²) in [5, 5.41) is 0. The van der Waals surface area contributed by atoms with Gasteiger partial charge in [-0.25, -0.2) is 0 Å². The average molecular weight is 311 g/mol. The number of carbonyl (C=O) groups excluding carboxylic acids is 2. The molecule has 0 N–H and O–H groups in total. The van der Waals surface area contributed by atoms with Crippen molar-refractivity contribution in [2.24, 2.45) is 5.92 Å². The van der Waals surface area contributed by atoms with Crippen LogP contribution in [0, 0.1) is 5.92 Å². The zero-order valence-electron chi connectivity index (χ0n) is 13.1. The smallest absolute Gasteiger partial charge is 0.223 e. The van der Waals surface area contributed by atoms with Crippen molar-refractivity contribution in [3.8, 4) is 0 Å². The molecule has 2 heterocycles. The van der Waals surface area contributed by atoms with Crippen molar-refractivity contribution >= 4 is 11.7 Å². The van der Waals surface area contributed by atoms with Crippen molar-refractivity contribution < 1.29 is 14.0 Å². The highest BCUT2D eigenvalue weighted by Crippen LogP contribution is 2.22. The number of Topliss-reactive ketones (excluding diaryl/α,β-unsaturated/α-hetero) is 1. The highest BCUT2D eigenvalue weighted by Gasteiger charge is 2.27. The van der Waals surface area contributed by atoms with Crippen molar-refractivity contribution in [1.29, 1.82) is 0 Å². The van der Waals surface area contributed by atoms with Crippen LogP contribution in [0.15, 0.2) is 53.1 Å². The quantitative estimate of drug-likeness (QED) is 0.796. The molecule has 23 heavy (non-hydrogen) atoms. The van der Waals surface area contributed by atoms with E-state index < -0.39 is 0 Å². The maximum absolute atomic E-state index is 12.4. The number of furan rings is 1. The number of amides is 1. The molecule has 1 aromatic carbocycles. The van der Waals surface area contributed by atoms with Crippen LogP contribution in [-0.4, -0.2) is 29.7 Å². The SMILES string of the molecule is O=C(c1ccccc1)C1CCN(C(=O)CCc2ccco2)CC1. The Morgan fingerprint density at radius 3 is 2.43 bits per heavy atom. The lowest BCUT2D eigenvalue weighted by molar-refractivity contribution is -0.132. The second kappa shape index (κ2) is 7.27. The lowest BCUT2D eigenvalue weighted by atomic mass is 9.89. The predicted octanol–water partition coefficient (Wildman–Crippen LogP) is 3.33. The second-order valence-electron chi connectivity index (χ2n) is 5.96. The summed E-state index contributed by atoms with van der Waals surface area (Å²) >= 11 is 0. The van der Waals surface area contributed by atoms with Gasteiger partial charge in [-0.1, -0.05) is 30.3 Å². The highest BCUT2D eigenvalue weighted by atomic mass is 16.3. The summed E-state index contributed by atoms with van der Waals surface area (Å²) in [6.45, 7) is 1.33. The van der Waals surface area contributed by atoms with E-state index in [1.165, 1.54) is 0 Å². The molecule has 4 heteroatoms. The van der Waals surface area contributed by atoms with Crippen LogP contribution in [0.25, 0.3) is 0 Å². The maximum atomic E-state index is 12.4. The number of hydrogen-bond donors (Lipinski definition) is 0. The Morgan fingerprint density at radius 2 is 1.78 bits per heavy atom. The Labute approximate surface area is 136 Å². The number of ketones is 1. The fourth-order valence-electron chi connectivity index (χ4n) is 3.07. The van der Waals surface area contributed by atoms with Gasteiger partial charge < -0.3 is 9.32 Å². The molecule has 0 atom stereocenters. The first-order valence-corrected chi connectivity index (χ1v) is 8.13. The summed E-state index contributed by atoms with van der Waals surface area (Å²) < 4.78 is 5.25. The Balaban J connectivity index is 1.48. The van der Waals surface area contributed by atoms with Crippen molar-refractivity contribution in [3.05, 3.63) is 60.1 Å². The molecule has 2 aromatic rings. The predicted molar refractivity (Wildman–Crippen MR) is 87.1 cm³/mol. The molecule has 120 valence electrons. The van der Waals surface area contributed by atoms with Crippen LogP contribution in [0.3, 0.4) is 0 Å². The largest absolute Gasteiger partial charge is 0.469 e. The monoisotopic (exact) mass is 311 g/mol. The molecule has 3 rings (SSSR count). The first-order chi connectivity index (χ1) is 11.2. The van der Waals surface area contributed by atoms with Gasteiger partial charge in [0.15, 0.2) is 5.78 Å². The zero-order valence-corrected chi connectivity index (χ0v) is 13.1. The van der Waals surface area contributed by atoms with Gasteiger partial charge in [0, 0.05) is 37.4 Å². The Bertz CT molecular complexity index is 641. The molecule has 0 aliphatic carbocycles. The molecule has 1 fully saturated rings. The fourth-order valence-corrected chi connectivity index (χ4v) is 3.07. The zero-order chi connectivity index (χ0) is 16.1. The van der Waals surface area contributed by atoms with Crippen molar-refractivity contribution in [3.63, 3.8) is 0 Å². The number of piperidine rings is 1. The molecule has 0 spiro atoms. The normalized spacial score (nSPS) is 15.6. The molecule has 0 radical (unpaired) electrons. The van der Waals surface area contributed by atoms with E-state index in [0.717, 1.165) is 24.2 Å². The van der Waals surface area contributed by atoms with Crippen molar-refractivity contribution in [1.82, 2.24) is 4.90 Å². The fraction of sp³-hybridized carbons (Fsp3) is 0.368. The lowest BCUT2D eigenvalue weighted by Crippen LogP contribution is -2.40. The Kier molecular flexibility index (Phi) is 4.91. The Morgan fingerprint density at radius 1 is 1.04 bits per heavy atom. The van der Waals surface area contributed by atoms with Crippen LogP contribution < -0.4 is 0 Å². The van der Waals surface area contributed by atoms with Gasteiger partial charge in [-0.3, -0.25) is 9.59 Å². The van der Waals surface area contributed by atoms with E-state index in [2.05, 4.69) is 0 Å². The van der Waals surface area contributed by atoms with E-state index in [0.29, 0.717) is 25.9 Å². The summed E-state index contributed by atoms with van der Waals surface area (Å²) in [4.78, 5) is 26.6. The van der Waals surface area contributed by atoms with Gasteiger partial charge in [0.2, 0.25) is 5.91 Å². The number of aryl methyl sites for hydroxylation is 1. The minimum Gasteiger partial charge on any atom is -0.469 e. The summed E-state index contributed by atoms with van der Waals surface area (Å²) in [6.07, 6.45) is 4.22. The number of benzene rings is 1. The summed E-state index contributed by atoms with van der Waals surface area (Å²) in [5.41, 5.74) is 0.773. The summed E-state index contributed by atoms with van der Waals surface area (Å²) in [6, 6.07) is 13.1.